The Morgan fingerprint density at radius 3 is 0.887 bits per heavy atom. The van der Waals surface area contributed by atoms with E-state index in [1.54, 1.807) is 0 Å². The molecule has 8 aliphatic rings. The van der Waals surface area contributed by atoms with Gasteiger partial charge in [0.2, 0.25) is 0 Å². The van der Waals surface area contributed by atoms with E-state index in [1.807, 2.05) is 0 Å². The van der Waals surface area contributed by atoms with Crippen LogP contribution in [0.1, 0.15) is 53.4 Å². The van der Waals surface area contributed by atoms with Crippen LogP contribution in [0.4, 0.5) is 0 Å². The van der Waals surface area contributed by atoms with Crippen LogP contribution in [0, 0.1) is 0 Å². The van der Waals surface area contributed by atoms with Gasteiger partial charge in [-0.2, -0.15) is 16.8 Å². The average molecular weight is 1680 g/mol. The second-order valence-electron chi connectivity index (χ2n) is 24.6. The fourth-order valence-corrected chi connectivity index (χ4v) is 15.2. The van der Waals surface area contributed by atoms with Gasteiger partial charge in [0, 0.05) is 32.8 Å². The predicted octanol–water partition coefficient (Wildman–Crippen LogP) is -7.59. The molecule has 8 rings (SSSR count). The maximum atomic E-state index is 12.2. The van der Waals surface area contributed by atoms with Crippen LogP contribution in [0.5, 0.6) is 0 Å². The highest BCUT2D eigenvalue weighted by atomic mass is 32.3. The third kappa shape index (κ3) is 24.7. The van der Waals surface area contributed by atoms with Gasteiger partial charge in [-0.25, -0.2) is 48.3 Å². The van der Waals surface area contributed by atoms with Crippen molar-refractivity contribution in [2.75, 3.05) is 33.5 Å². The lowest BCUT2D eigenvalue weighted by Crippen LogP contribution is -2.67. The van der Waals surface area contributed by atoms with Crippen molar-refractivity contribution in [3.8, 4) is 0 Å². The lowest BCUT2D eigenvalue weighted by molar-refractivity contribution is -0.432. The Bertz CT molecular complexity index is 2750. The van der Waals surface area contributed by atoms with Crippen LogP contribution in [-0.4, -0.2) is 358 Å². The summed E-state index contributed by atoms with van der Waals surface area (Å²) in [4.78, 5) is 0. The summed E-state index contributed by atoms with van der Waals surface area (Å²) in [5.41, 5.74) is 0. The number of ether oxygens (including phenoxy) is 16. The van der Waals surface area contributed by atoms with Gasteiger partial charge in [-0.3, -0.25) is 9.11 Å². The van der Waals surface area contributed by atoms with E-state index in [4.69, 9.17) is 96.8 Å². The van der Waals surface area contributed by atoms with Crippen molar-refractivity contribution >= 4 is 69.7 Å². The highest BCUT2D eigenvalue weighted by Gasteiger charge is 2.57. The minimum Gasteiger partial charge on any atom is -0.394 e. The lowest BCUT2D eigenvalue weighted by atomic mass is 9.95. The average Bonchev–Trinajstić information content (AvgIpc) is 0.788. The Kier molecular flexibility index (Phi) is 36.8. The summed E-state index contributed by atoms with van der Waals surface area (Å²) in [6.45, 7) is 1.78. The molecule has 0 aromatic rings. The molecule has 0 aromatic carbocycles. The standard InChI is InChI=1S/C49H88N4O47S6/c1-14-34(60)18(56)6-26(78-14)86-42-22(10-54)82-47(31(36(42)62)51-102-98-94-66)90-40-16(3)81-29(9-21(40)59)89-45-25(13-77-106(72,73)74)85-49(33(38(45)64)53-104-100-96-68)92-41-17(4)79-27(7-19(41)57)87-43-23(11-55)83-48(32(37(43)63)52-103-99-95-67)91-39-15(2)80-28(8-20(39)58)88-44-24(12-76-105(69,70)71)84-46(75-5)30(35(44)61)50-101-97-93-65/h14-68H,6-13H2,1-5H3,(H,69,70,71)(H,72,73,74)/t14?,15?,16?,17?,18-,19-,20-,21-,22?,23?,24?,25?,26-,27-,28-,29-,30?,31?,32?,33?,34+,35+,36+,37+,38+,39-,40-,41-,42+,43+,44+,45+,46+,47-,48-,49-/m0/s1. The zero-order valence-corrected chi connectivity index (χ0v) is 60.6. The van der Waals surface area contributed by atoms with Crippen LogP contribution < -0.4 is 18.9 Å². The molecule has 8 heterocycles. The molecule has 106 heavy (non-hydrogen) atoms. The van der Waals surface area contributed by atoms with E-state index < -0.39 is 287 Å². The van der Waals surface area contributed by atoms with Crippen molar-refractivity contribution in [2.24, 2.45) is 0 Å². The molecule has 36 atom stereocenters. The summed E-state index contributed by atoms with van der Waals surface area (Å²) in [5.74, 6) is 0. The Morgan fingerprint density at radius 2 is 0.623 bits per heavy atom. The van der Waals surface area contributed by atoms with Crippen molar-refractivity contribution in [3.63, 3.8) is 0 Å². The highest BCUT2D eigenvalue weighted by Crippen LogP contribution is 2.40. The molecule has 0 aromatic heterocycles. The van der Waals surface area contributed by atoms with Gasteiger partial charge < -0.3 is 132 Å². The summed E-state index contributed by atoms with van der Waals surface area (Å²) in [7, 11) is -9.23. The molecule has 57 heteroatoms. The molecule has 0 aliphatic carbocycles. The topological polar surface area (TPSA) is 700 Å². The number of nitrogens with one attached hydrogen (secondary N) is 4. The van der Waals surface area contributed by atoms with Gasteiger partial charge >= 0.3 is 20.8 Å². The predicted molar refractivity (Wildman–Crippen MR) is 332 cm³/mol. The van der Waals surface area contributed by atoms with Crippen LogP contribution in [0.3, 0.4) is 0 Å². The van der Waals surface area contributed by atoms with Crippen molar-refractivity contribution in [3.05, 3.63) is 0 Å². The minimum atomic E-state index is -5.30. The minimum absolute atomic E-state index is 0.128. The Hall–Kier alpha value is -0.580. The summed E-state index contributed by atoms with van der Waals surface area (Å²) < 4.78 is 199. The monoisotopic (exact) mass is 1680 g/mol. The van der Waals surface area contributed by atoms with E-state index >= 15 is 0 Å². The maximum Gasteiger partial charge on any atom is 0.397 e. The van der Waals surface area contributed by atoms with Gasteiger partial charge in [-0.15, -0.1) is 17.3 Å². The first-order valence-electron chi connectivity index (χ1n) is 31.9. The van der Waals surface area contributed by atoms with Crippen molar-refractivity contribution in [1.29, 1.82) is 0 Å². The molecule has 51 nitrogen and oxygen atoms in total. The number of rotatable bonds is 39. The second-order valence-corrected chi connectivity index (χ2v) is 29.0. The second kappa shape index (κ2) is 42.9. The molecule has 0 radical (unpaired) electrons. The first-order valence-corrected chi connectivity index (χ1v) is 37.6. The van der Waals surface area contributed by atoms with E-state index in [1.165, 1.54) is 27.7 Å². The van der Waals surface area contributed by atoms with Gasteiger partial charge in [-0.1, -0.05) is 20.2 Å². The molecule has 0 amide bonds. The van der Waals surface area contributed by atoms with Gasteiger partial charge in [-0.05, 0) is 27.7 Å². The molecule has 0 saturated carbocycles. The first kappa shape index (κ1) is 91.0. The van der Waals surface area contributed by atoms with Crippen molar-refractivity contribution < 1.29 is 225 Å². The molecule has 622 valence electrons. The smallest absolute Gasteiger partial charge is 0.394 e. The number of aliphatic hydroxyl groups excluding tert-OH is 11. The van der Waals surface area contributed by atoms with Crippen LogP contribution in [0.15, 0.2) is 0 Å². The Labute approximate surface area is 618 Å². The van der Waals surface area contributed by atoms with Gasteiger partial charge in [0.05, 0.1) is 99.4 Å². The summed E-state index contributed by atoms with van der Waals surface area (Å²) in [6.07, 6.45) is -50.7. The molecule has 12 unspecified atom stereocenters. The third-order valence-corrected chi connectivity index (χ3v) is 20.6. The zero-order chi connectivity index (χ0) is 77.5. The molecule has 0 spiro atoms. The summed E-state index contributed by atoms with van der Waals surface area (Å²) in [6, 6.07) is -5.94. The van der Waals surface area contributed by atoms with Gasteiger partial charge in [0.25, 0.3) is 0 Å². The van der Waals surface area contributed by atoms with Gasteiger partial charge in [0.1, 0.15) is 147 Å². The van der Waals surface area contributed by atoms with Crippen LogP contribution in [0.2, 0.25) is 0 Å². The SMILES string of the molecule is CO[C@@H]1OC(COS(=O)(=O)O)[C@@H](O[C@H]2C[C@H](O)[C@@H](O[C@@H]3OC(CO)[C@@H](O[C@H]4C[C@H](O)[C@@H](O[C@@H]5OC(COS(=O)(=O)O)[C@@H](O[C@H]6C[C@H](O)[C@@H](O[C@@H]7OC(CO)[C@@H](O[C@H]8C[C@H](O)[C@H](O)C(C)O8)[C@H](O)C7NSOOO)C(C)O6)[C@H](O)C5NSOOO)C(C)O4)[C@H](O)C3NSOOO)C(C)O2)[C@H](O)C1NSOOO. The number of hydrogen-bond donors (Lipinski definition) is 21. The molecular weight excluding hydrogens is 1590 g/mol. The molecule has 0 bridgehead atoms. The molecule has 21 N–H and O–H groups in total. The third-order valence-electron chi connectivity index (χ3n) is 17.8. The van der Waals surface area contributed by atoms with Crippen LogP contribution in [0.25, 0.3) is 0 Å². The molecule has 8 aliphatic heterocycles. The molecular formula is C49H88N4O47S6. The van der Waals surface area contributed by atoms with Gasteiger partial charge in [0.15, 0.2) is 50.3 Å². The van der Waals surface area contributed by atoms with Crippen LogP contribution in [-0.2, 0) is 142 Å². The number of hydrogen-bond acceptors (Lipinski definition) is 53. The molecule has 8 saturated heterocycles. The van der Waals surface area contributed by atoms with Crippen LogP contribution >= 0.6 is 48.9 Å². The lowest BCUT2D eigenvalue weighted by Gasteiger charge is -2.49. The zero-order valence-electron chi connectivity index (χ0n) is 55.7. The van der Waals surface area contributed by atoms with E-state index in [2.05, 4.69) is 64.7 Å². The molecule has 8 fully saturated rings. The Balaban J connectivity index is 0.911. The fourth-order valence-electron chi connectivity index (χ4n) is 12.8. The number of aliphatic hydroxyl groups is 11. The highest BCUT2D eigenvalue weighted by molar-refractivity contribution is 7.93. The van der Waals surface area contributed by atoms with E-state index in [0.29, 0.717) is 0 Å². The van der Waals surface area contributed by atoms with Crippen molar-refractivity contribution in [1.82, 2.24) is 18.9 Å². The largest absolute Gasteiger partial charge is 0.397 e. The number of methoxy groups -OCH3 is 1. The quantitative estimate of drug-likeness (QED) is 0.00679. The maximum absolute atomic E-state index is 12.2. The summed E-state index contributed by atoms with van der Waals surface area (Å²) >= 11 is 0.805. The van der Waals surface area contributed by atoms with E-state index in [-0.39, 0.29) is 55.3 Å². The summed E-state index contributed by atoms with van der Waals surface area (Å²) in [5, 5.41) is 174. The van der Waals surface area contributed by atoms with E-state index in [9.17, 15) is 82.1 Å². The Morgan fingerprint density at radius 1 is 0.358 bits per heavy atom. The van der Waals surface area contributed by atoms with E-state index in [0.717, 1.165) is 7.11 Å². The fraction of sp³-hybridized carbons (Fsp3) is 1.00. The van der Waals surface area contributed by atoms with Crippen molar-refractivity contribution in [2.45, 2.75) is 274 Å². The normalized spacial score (nSPS) is 44.4. The first-order chi connectivity index (χ1) is 50.4.